The van der Waals surface area contributed by atoms with Crippen molar-refractivity contribution in [2.75, 3.05) is 47.0 Å². The molecule has 2 aliphatic rings. The van der Waals surface area contributed by atoms with Crippen LogP contribution in [0.2, 0.25) is 0 Å². The van der Waals surface area contributed by atoms with Gasteiger partial charge in [-0.1, -0.05) is 30.3 Å². The van der Waals surface area contributed by atoms with Crippen LogP contribution >= 0.6 is 0 Å². The standard InChI is InChI=1S/C29H37N3O8S2/c1-30-41(34,35)24-7-5-6-23(16-24)39-20-22(33)18-31-21-17-29(40-19-21)12-14-32(15-13-29)42(36,37)28-11-10-27(38-2)25-8-3-4-9-26(25)28/h3-11,16,21-22,30-31,33H,12-15,17-20H2,1-2H3. The number of aliphatic hydroxyl groups excluding tert-OH is 1. The van der Waals surface area contributed by atoms with E-state index in [9.17, 15) is 21.9 Å². The number of sulfonamides is 2. The van der Waals surface area contributed by atoms with E-state index in [4.69, 9.17) is 14.2 Å². The number of piperidine rings is 1. The Kier molecular flexibility index (Phi) is 9.09. The van der Waals surface area contributed by atoms with Crippen molar-refractivity contribution in [3.05, 3.63) is 60.7 Å². The van der Waals surface area contributed by atoms with Gasteiger partial charge in [-0.2, -0.15) is 4.31 Å². The quantitative estimate of drug-likeness (QED) is 0.294. The summed E-state index contributed by atoms with van der Waals surface area (Å²) in [6, 6.07) is 16.7. The van der Waals surface area contributed by atoms with Gasteiger partial charge in [-0.15, -0.1) is 0 Å². The van der Waals surface area contributed by atoms with Crippen molar-refractivity contribution in [1.82, 2.24) is 14.3 Å². The molecule has 13 heteroatoms. The third-order valence-electron chi connectivity index (χ3n) is 7.99. The van der Waals surface area contributed by atoms with Gasteiger partial charge in [-0.05, 0) is 50.6 Å². The second-order valence-corrected chi connectivity index (χ2v) is 14.5. The molecule has 2 saturated heterocycles. The van der Waals surface area contributed by atoms with E-state index in [1.54, 1.807) is 37.4 Å². The first kappa shape index (κ1) is 30.7. The average Bonchev–Trinajstić information content (AvgIpc) is 3.40. The topological polar surface area (TPSA) is 144 Å². The lowest BCUT2D eigenvalue weighted by Gasteiger charge is -2.38. The van der Waals surface area contributed by atoms with Gasteiger partial charge in [-0.3, -0.25) is 0 Å². The summed E-state index contributed by atoms with van der Waals surface area (Å²) >= 11 is 0. The molecule has 2 aliphatic heterocycles. The number of benzene rings is 3. The summed E-state index contributed by atoms with van der Waals surface area (Å²) in [4.78, 5) is 0.355. The van der Waals surface area contributed by atoms with Crippen LogP contribution in [0, 0.1) is 0 Å². The monoisotopic (exact) mass is 619 g/mol. The van der Waals surface area contributed by atoms with Crippen molar-refractivity contribution in [2.24, 2.45) is 0 Å². The highest BCUT2D eigenvalue weighted by atomic mass is 32.2. The third kappa shape index (κ3) is 6.42. The number of aliphatic hydroxyl groups is 1. The minimum Gasteiger partial charge on any atom is -0.496 e. The molecule has 0 aromatic heterocycles. The fraction of sp³-hybridized carbons (Fsp3) is 0.448. The molecule has 3 aromatic rings. The normalized spacial score (nSPS) is 20.1. The molecule has 11 nitrogen and oxygen atoms in total. The van der Waals surface area contributed by atoms with Crippen LogP contribution in [0.1, 0.15) is 19.3 Å². The molecule has 0 radical (unpaired) electrons. The van der Waals surface area contributed by atoms with E-state index in [1.165, 1.54) is 23.5 Å². The largest absolute Gasteiger partial charge is 0.496 e. The summed E-state index contributed by atoms with van der Waals surface area (Å²) in [5.41, 5.74) is -0.410. The Bertz CT molecular complexity index is 1620. The molecule has 1 spiro atoms. The number of rotatable bonds is 11. The Hall–Kier alpha value is -2.78. The molecule has 2 fully saturated rings. The summed E-state index contributed by atoms with van der Waals surface area (Å²) in [5, 5.41) is 15.2. The minimum absolute atomic E-state index is 0.0115. The Morgan fingerprint density at radius 1 is 1.05 bits per heavy atom. The molecular formula is C29H37N3O8S2. The third-order valence-corrected chi connectivity index (χ3v) is 11.4. The number of hydrogen-bond donors (Lipinski definition) is 3. The second kappa shape index (κ2) is 12.4. The Morgan fingerprint density at radius 2 is 1.79 bits per heavy atom. The maximum Gasteiger partial charge on any atom is 0.243 e. The average molecular weight is 620 g/mol. The number of ether oxygens (including phenoxy) is 3. The van der Waals surface area contributed by atoms with Crippen LogP contribution in [0.15, 0.2) is 70.5 Å². The lowest BCUT2D eigenvalue weighted by molar-refractivity contribution is -0.0312. The number of methoxy groups -OCH3 is 1. The van der Waals surface area contributed by atoms with Crippen molar-refractivity contribution >= 4 is 30.8 Å². The fourth-order valence-corrected chi connectivity index (χ4v) is 8.05. The highest BCUT2D eigenvalue weighted by molar-refractivity contribution is 7.89. The van der Waals surface area contributed by atoms with E-state index in [-0.39, 0.29) is 29.0 Å². The molecule has 3 N–H and O–H groups in total. The van der Waals surface area contributed by atoms with E-state index in [0.29, 0.717) is 55.8 Å². The van der Waals surface area contributed by atoms with E-state index >= 15 is 0 Å². The summed E-state index contributed by atoms with van der Waals surface area (Å²) < 4.78 is 72.3. The zero-order valence-electron chi connectivity index (χ0n) is 23.7. The maximum absolute atomic E-state index is 13.7. The Morgan fingerprint density at radius 3 is 2.50 bits per heavy atom. The molecule has 2 heterocycles. The fourth-order valence-electron chi connectivity index (χ4n) is 5.65. The molecule has 42 heavy (non-hydrogen) atoms. The van der Waals surface area contributed by atoms with Crippen LogP contribution in [0.4, 0.5) is 0 Å². The molecule has 0 aliphatic carbocycles. The highest BCUT2D eigenvalue weighted by Gasteiger charge is 2.45. The van der Waals surface area contributed by atoms with Crippen LogP contribution < -0.4 is 19.5 Å². The lowest BCUT2D eigenvalue weighted by atomic mass is 9.88. The summed E-state index contributed by atoms with van der Waals surface area (Å²) in [6.45, 7) is 1.43. The highest BCUT2D eigenvalue weighted by Crippen LogP contribution is 2.39. The van der Waals surface area contributed by atoms with Crippen LogP contribution in [0.3, 0.4) is 0 Å². The summed E-state index contributed by atoms with van der Waals surface area (Å²) in [7, 11) is -4.40. The number of nitrogens with one attached hydrogen (secondary N) is 2. The van der Waals surface area contributed by atoms with E-state index < -0.39 is 31.8 Å². The predicted octanol–water partition coefficient (Wildman–Crippen LogP) is 2.10. The van der Waals surface area contributed by atoms with Gasteiger partial charge >= 0.3 is 0 Å². The van der Waals surface area contributed by atoms with Gasteiger partial charge in [0, 0.05) is 42.5 Å². The lowest BCUT2D eigenvalue weighted by Crippen LogP contribution is -2.47. The van der Waals surface area contributed by atoms with E-state index in [2.05, 4.69) is 10.0 Å². The van der Waals surface area contributed by atoms with Crippen LogP contribution in [0.25, 0.3) is 10.8 Å². The van der Waals surface area contributed by atoms with Gasteiger partial charge in [0.05, 0.1) is 29.1 Å². The van der Waals surface area contributed by atoms with Gasteiger partial charge in [0.2, 0.25) is 20.0 Å². The molecule has 228 valence electrons. The second-order valence-electron chi connectivity index (χ2n) is 10.7. The molecule has 2 unspecified atom stereocenters. The number of hydrogen-bond acceptors (Lipinski definition) is 9. The van der Waals surface area contributed by atoms with Crippen molar-refractivity contribution in [3.8, 4) is 11.5 Å². The maximum atomic E-state index is 13.7. The van der Waals surface area contributed by atoms with Gasteiger partial charge in [-0.25, -0.2) is 21.6 Å². The van der Waals surface area contributed by atoms with Crippen molar-refractivity contribution < 1.29 is 36.2 Å². The summed E-state index contributed by atoms with van der Waals surface area (Å²) in [6.07, 6.45) is 1.05. The first-order valence-electron chi connectivity index (χ1n) is 13.8. The molecule has 3 aromatic carbocycles. The molecule has 0 bridgehead atoms. The Balaban J connectivity index is 1.12. The first-order chi connectivity index (χ1) is 20.1. The van der Waals surface area contributed by atoms with Crippen molar-refractivity contribution in [3.63, 3.8) is 0 Å². The zero-order chi connectivity index (χ0) is 30.0. The number of nitrogens with zero attached hydrogens (tertiary/aromatic N) is 1. The van der Waals surface area contributed by atoms with Crippen molar-refractivity contribution in [2.45, 2.75) is 46.8 Å². The predicted molar refractivity (Wildman–Crippen MR) is 158 cm³/mol. The molecule has 0 amide bonds. The van der Waals surface area contributed by atoms with Gasteiger partial charge in [0.15, 0.2) is 0 Å². The van der Waals surface area contributed by atoms with Gasteiger partial charge in [0.25, 0.3) is 0 Å². The van der Waals surface area contributed by atoms with E-state index in [1.807, 2.05) is 18.2 Å². The molecule has 0 saturated carbocycles. The summed E-state index contributed by atoms with van der Waals surface area (Å²) in [5.74, 6) is 0.976. The Labute approximate surface area is 246 Å². The molecule has 5 rings (SSSR count). The van der Waals surface area contributed by atoms with Crippen LogP contribution in [0.5, 0.6) is 11.5 Å². The van der Waals surface area contributed by atoms with Gasteiger partial charge < -0.3 is 24.6 Å². The van der Waals surface area contributed by atoms with E-state index in [0.717, 1.165) is 5.39 Å². The van der Waals surface area contributed by atoms with Crippen LogP contribution in [-0.4, -0.2) is 91.0 Å². The number of fused-ring (bicyclic) bond motifs is 1. The molecular weight excluding hydrogens is 582 g/mol. The molecule has 2 atom stereocenters. The smallest absolute Gasteiger partial charge is 0.243 e. The van der Waals surface area contributed by atoms with Crippen molar-refractivity contribution in [1.29, 1.82) is 0 Å². The first-order valence-corrected chi connectivity index (χ1v) is 16.8. The van der Waals surface area contributed by atoms with Gasteiger partial charge in [0.1, 0.15) is 24.2 Å². The zero-order valence-corrected chi connectivity index (χ0v) is 25.3. The minimum atomic E-state index is -3.71. The van der Waals surface area contributed by atoms with Crippen LogP contribution in [-0.2, 0) is 24.8 Å². The SMILES string of the molecule is CNS(=O)(=O)c1cccc(OCC(O)CNC2COC3(CCN(S(=O)(=O)c4ccc(OC)c5ccccc45)CC3)C2)c1.